The third-order valence-corrected chi connectivity index (χ3v) is 6.28. The van der Waals surface area contributed by atoms with Crippen LogP contribution in [0.5, 0.6) is 0 Å². The van der Waals surface area contributed by atoms with Gasteiger partial charge < -0.3 is 15.4 Å². The van der Waals surface area contributed by atoms with E-state index in [2.05, 4.69) is 15.6 Å². The van der Waals surface area contributed by atoms with Crippen LogP contribution in [0.25, 0.3) is 10.9 Å². The van der Waals surface area contributed by atoms with E-state index in [9.17, 15) is 41.3 Å². The third kappa shape index (κ3) is 7.13. The molecule has 1 aromatic heterocycles. The van der Waals surface area contributed by atoms with Gasteiger partial charge in [-0.2, -0.15) is 26.3 Å². The van der Waals surface area contributed by atoms with Crippen molar-refractivity contribution >= 4 is 34.0 Å². The lowest BCUT2D eigenvalue weighted by Crippen LogP contribution is -2.31. The average molecular weight is 556 g/mol. The fourth-order valence-electron chi connectivity index (χ4n) is 4.37. The number of pyridine rings is 1. The topological polar surface area (TPSA) is 106 Å². The Bertz CT molecular complexity index is 1370. The fourth-order valence-corrected chi connectivity index (χ4v) is 4.37. The summed E-state index contributed by atoms with van der Waals surface area (Å²) in [5, 5.41) is 16.7. The number of carbonyl (C=O) groups is 1. The van der Waals surface area contributed by atoms with Crippen LogP contribution in [-0.4, -0.2) is 34.6 Å². The molecule has 4 rings (SSSR count). The molecule has 0 radical (unpaired) electrons. The Kier molecular flexibility index (Phi) is 7.95. The Balaban J connectivity index is 1.26. The molecule has 8 nitrogen and oxygen atoms in total. The van der Waals surface area contributed by atoms with Crippen molar-refractivity contribution < 1.29 is 40.8 Å². The van der Waals surface area contributed by atoms with E-state index in [0.29, 0.717) is 25.7 Å². The first-order chi connectivity index (χ1) is 18.3. The zero-order valence-corrected chi connectivity index (χ0v) is 20.1. The van der Waals surface area contributed by atoms with Crippen molar-refractivity contribution in [2.24, 2.45) is 0 Å². The van der Waals surface area contributed by atoms with Crippen molar-refractivity contribution in [2.75, 3.05) is 17.2 Å². The molecule has 0 atom stereocenters. The SMILES string of the molecule is O=C(COC1CCC(Nc2ccc([N+](=O)[O-])c(C(F)(F)F)c2)CC1)Nc1ccc2cc(C(F)(F)F)ccc2n1. The van der Waals surface area contributed by atoms with E-state index in [1.54, 1.807) is 0 Å². The van der Waals surface area contributed by atoms with Crippen molar-refractivity contribution in [3.05, 3.63) is 69.8 Å². The number of nitro benzene ring substituents is 1. The van der Waals surface area contributed by atoms with Crippen molar-refractivity contribution in [3.8, 4) is 0 Å². The van der Waals surface area contributed by atoms with Gasteiger partial charge in [-0.05, 0) is 68.1 Å². The molecule has 2 N–H and O–H groups in total. The van der Waals surface area contributed by atoms with Gasteiger partial charge in [0.25, 0.3) is 11.6 Å². The summed E-state index contributed by atoms with van der Waals surface area (Å²) in [6.07, 6.45) is -7.48. The Morgan fingerprint density at radius 1 is 0.974 bits per heavy atom. The number of benzene rings is 2. The highest BCUT2D eigenvalue weighted by molar-refractivity contribution is 5.92. The predicted octanol–water partition coefficient (Wildman–Crippen LogP) is 6.56. The average Bonchev–Trinajstić information content (AvgIpc) is 2.86. The van der Waals surface area contributed by atoms with Gasteiger partial charge in [0, 0.05) is 23.2 Å². The van der Waals surface area contributed by atoms with Gasteiger partial charge in [0.05, 0.1) is 22.1 Å². The van der Waals surface area contributed by atoms with Crippen LogP contribution in [0.15, 0.2) is 48.5 Å². The summed E-state index contributed by atoms with van der Waals surface area (Å²) in [5.74, 6) is -0.343. The monoisotopic (exact) mass is 556 g/mol. The predicted molar refractivity (Wildman–Crippen MR) is 129 cm³/mol. The maximum atomic E-state index is 13.2. The van der Waals surface area contributed by atoms with Crippen LogP contribution in [0.3, 0.4) is 0 Å². The highest BCUT2D eigenvalue weighted by Gasteiger charge is 2.38. The molecule has 0 saturated heterocycles. The first kappa shape index (κ1) is 28.1. The maximum Gasteiger partial charge on any atom is 0.423 e. The summed E-state index contributed by atoms with van der Waals surface area (Å²) in [6, 6.07) is 8.51. The Morgan fingerprint density at radius 2 is 1.69 bits per heavy atom. The fraction of sp³-hybridized carbons (Fsp3) is 0.360. The number of alkyl halides is 6. The van der Waals surface area contributed by atoms with Crippen LogP contribution >= 0.6 is 0 Å². The number of anilines is 2. The molecule has 14 heteroatoms. The molecule has 1 heterocycles. The van der Waals surface area contributed by atoms with Crippen LogP contribution in [0.1, 0.15) is 36.8 Å². The first-order valence-corrected chi connectivity index (χ1v) is 11.8. The molecule has 2 aromatic carbocycles. The van der Waals surface area contributed by atoms with Crippen LogP contribution in [0, 0.1) is 10.1 Å². The van der Waals surface area contributed by atoms with E-state index in [0.717, 1.165) is 24.3 Å². The molecule has 1 amide bonds. The molecule has 1 fully saturated rings. The Hall–Kier alpha value is -3.94. The second-order valence-corrected chi connectivity index (χ2v) is 9.07. The molecule has 3 aromatic rings. The number of ether oxygens (including phenoxy) is 1. The lowest BCUT2D eigenvalue weighted by Gasteiger charge is -2.29. The molecule has 208 valence electrons. The van der Waals surface area contributed by atoms with E-state index in [-0.39, 0.29) is 41.2 Å². The zero-order chi connectivity index (χ0) is 28.4. The van der Waals surface area contributed by atoms with Gasteiger partial charge in [-0.1, -0.05) is 0 Å². The summed E-state index contributed by atoms with van der Waals surface area (Å²) in [5.41, 5.74) is -2.74. The first-order valence-electron chi connectivity index (χ1n) is 11.8. The van der Waals surface area contributed by atoms with E-state index < -0.39 is 40.0 Å². The van der Waals surface area contributed by atoms with Crippen LogP contribution in [0.2, 0.25) is 0 Å². The molecule has 0 spiro atoms. The van der Waals surface area contributed by atoms with Crippen LogP contribution in [-0.2, 0) is 21.9 Å². The number of hydrogen-bond acceptors (Lipinski definition) is 6. The third-order valence-electron chi connectivity index (χ3n) is 6.28. The van der Waals surface area contributed by atoms with Crippen molar-refractivity contribution in [1.82, 2.24) is 4.98 Å². The molecule has 0 unspecified atom stereocenters. The van der Waals surface area contributed by atoms with Crippen molar-refractivity contribution in [3.63, 3.8) is 0 Å². The summed E-state index contributed by atoms with van der Waals surface area (Å²) in [4.78, 5) is 26.3. The summed E-state index contributed by atoms with van der Waals surface area (Å²) in [7, 11) is 0. The molecular weight excluding hydrogens is 534 g/mol. The van der Waals surface area contributed by atoms with Gasteiger partial charge in [0.2, 0.25) is 0 Å². The Labute approximate surface area is 217 Å². The molecule has 0 aliphatic heterocycles. The quantitative estimate of drug-likeness (QED) is 0.194. The number of nitrogens with zero attached hydrogens (tertiary/aromatic N) is 2. The molecule has 1 saturated carbocycles. The molecule has 0 bridgehead atoms. The molecular formula is C25H22F6N4O4. The number of aromatic nitrogens is 1. The standard InChI is InChI=1S/C25H22F6N4O4/c26-24(27,28)15-2-8-20-14(11-15)1-10-22(33-20)34-23(36)13-39-18-6-3-16(4-7-18)32-17-5-9-21(35(37)38)19(12-17)25(29,30)31/h1-2,5,8-12,16,18,32H,3-4,6-7,13H2,(H,33,34,36). The number of halogens is 6. The number of nitro groups is 1. The molecule has 39 heavy (non-hydrogen) atoms. The number of nitrogens with one attached hydrogen (secondary N) is 2. The second-order valence-electron chi connectivity index (χ2n) is 9.07. The Morgan fingerprint density at radius 3 is 2.33 bits per heavy atom. The van der Waals surface area contributed by atoms with Gasteiger partial charge in [-0.3, -0.25) is 14.9 Å². The van der Waals surface area contributed by atoms with E-state index in [1.807, 2.05) is 0 Å². The largest absolute Gasteiger partial charge is 0.423 e. The van der Waals surface area contributed by atoms with Gasteiger partial charge in [-0.25, -0.2) is 4.98 Å². The minimum absolute atomic E-state index is 0.120. The summed E-state index contributed by atoms with van der Waals surface area (Å²) >= 11 is 0. The number of carbonyl (C=O) groups excluding carboxylic acids is 1. The summed E-state index contributed by atoms with van der Waals surface area (Å²) < 4.78 is 83.9. The number of fused-ring (bicyclic) bond motifs is 1. The molecule has 1 aliphatic rings. The van der Waals surface area contributed by atoms with Gasteiger partial charge in [0.15, 0.2) is 0 Å². The van der Waals surface area contributed by atoms with E-state index in [1.165, 1.54) is 24.3 Å². The smallest absolute Gasteiger partial charge is 0.382 e. The lowest BCUT2D eigenvalue weighted by atomic mass is 9.92. The van der Waals surface area contributed by atoms with E-state index >= 15 is 0 Å². The summed E-state index contributed by atoms with van der Waals surface area (Å²) in [6.45, 7) is -0.285. The highest BCUT2D eigenvalue weighted by Crippen LogP contribution is 2.38. The number of rotatable bonds is 7. The molecule has 1 aliphatic carbocycles. The normalized spacial score (nSPS) is 18.1. The number of hydrogen-bond donors (Lipinski definition) is 2. The highest BCUT2D eigenvalue weighted by atomic mass is 19.4. The van der Waals surface area contributed by atoms with Crippen LogP contribution in [0.4, 0.5) is 43.5 Å². The lowest BCUT2D eigenvalue weighted by molar-refractivity contribution is -0.388. The zero-order valence-electron chi connectivity index (χ0n) is 20.1. The minimum Gasteiger partial charge on any atom is -0.382 e. The van der Waals surface area contributed by atoms with Gasteiger partial charge >= 0.3 is 12.4 Å². The van der Waals surface area contributed by atoms with E-state index in [4.69, 9.17) is 4.74 Å². The maximum absolute atomic E-state index is 13.2. The second kappa shape index (κ2) is 11.0. The number of amides is 1. The minimum atomic E-state index is -4.87. The van der Waals surface area contributed by atoms with Crippen LogP contribution < -0.4 is 10.6 Å². The van der Waals surface area contributed by atoms with Gasteiger partial charge in [-0.15, -0.1) is 0 Å². The van der Waals surface area contributed by atoms with Gasteiger partial charge in [0.1, 0.15) is 18.0 Å². The van der Waals surface area contributed by atoms with Crippen molar-refractivity contribution in [1.29, 1.82) is 0 Å². The van der Waals surface area contributed by atoms with Crippen molar-refractivity contribution in [2.45, 2.75) is 50.2 Å².